The van der Waals surface area contributed by atoms with Gasteiger partial charge in [-0.3, -0.25) is 4.79 Å². The van der Waals surface area contributed by atoms with E-state index in [2.05, 4.69) is 16.7 Å². The fourth-order valence-corrected chi connectivity index (χ4v) is 2.22. The number of nitrogens with zero attached hydrogens (tertiary/aromatic N) is 1. The second kappa shape index (κ2) is 9.25. The van der Waals surface area contributed by atoms with Gasteiger partial charge in [0.15, 0.2) is 5.84 Å². The van der Waals surface area contributed by atoms with Crippen LogP contribution in [0.2, 0.25) is 0 Å². The van der Waals surface area contributed by atoms with Crippen LogP contribution in [0, 0.1) is 0 Å². The van der Waals surface area contributed by atoms with E-state index < -0.39 is 0 Å². The molecule has 110 valence electrons. The fourth-order valence-electron chi connectivity index (χ4n) is 1.73. The zero-order valence-electron chi connectivity index (χ0n) is 11.6. The summed E-state index contributed by atoms with van der Waals surface area (Å²) in [6.45, 7) is 0.668. The van der Waals surface area contributed by atoms with Crippen LogP contribution in [0.4, 0.5) is 0 Å². The molecule has 20 heavy (non-hydrogen) atoms. The van der Waals surface area contributed by atoms with Crippen LogP contribution in [-0.2, 0) is 0 Å². The van der Waals surface area contributed by atoms with Gasteiger partial charge in [-0.1, -0.05) is 23.7 Å². The average Bonchev–Trinajstić information content (AvgIpc) is 2.49. The first-order valence-electron chi connectivity index (χ1n) is 6.54. The van der Waals surface area contributed by atoms with E-state index in [-0.39, 0.29) is 11.7 Å². The van der Waals surface area contributed by atoms with Gasteiger partial charge in [0.25, 0.3) is 5.91 Å². The lowest BCUT2D eigenvalue weighted by molar-refractivity contribution is 0.0953. The monoisotopic (exact) mass is 295 g/mol. The fraction of sp³-hybridized carbons (Fsp3) is 0.429. The predicted octanol–water partition coefficient (Wildman–Crippen LogP) is 2.04. The quantitative estimate of drug-likeness (QED) is 0.225. The molecule has 4 N–H and O–H groups in total. The van der Waals surface area contributed by atoms with Crippen LogP contribution in [0.5, 0.6) is 0 Å². The van der Waals surface area contributed by atoms with E-state index in [0.717, 1.165) is 18.6 Å². The number of unbranched alkanes of at least 4 members (excludes halogenated alkanes) is 2. The molecule has 0 unspecified atom stereocenters. The van der Waals surface area contributed by atoms with Crippen LogP contribution >= 0.6 is 11.8 Å². The van der Waals surface area contributed by atoms with Crippen LogP contribution in [0.25, 0.3) is 0 Å². The number of nitrogens with one attached hydrogen (secondary N) is 1. The highest BCUT2D eigenvalue weighted by atomic mass is 32.2. The van der Waals surface area contributed by atoms with Crippen molar-refractivity contribution in [1.29, 1.82) is 0 Å². The summed E-state index contributed by atoms with van der Waals surface area (Å²) in [5.74, 6) is 1.02. The Balaban J connectivity index is 2.43. The number of hydrogen-bond acceptors (Lipinski definition) is 4. The molecule has 0 fully saturated rings. The van der Waals surface area contributed by atoms with Gasteiger partial charge in [-0.2, -0.15) is 11.8 Å². The summed E-state index contributed by atoms with van der Waals surface area (Å²) in [5, 5.41) is 14.4. The normalized spacial score (nSPS) is 11.3. The topological polar surface area (TPSA) is 87.7 Å². The van der Waals surface area contributed by atoms with E-state index >= 15 is 0 Å². The molecule has 0 heterocycles. The number of thioether (sulfide) groups is 1. The molecule has 1 rings (SSSR count). The molecule has 5 nitrogen and oxygen atoms in total. The van der Waals surface area contributed by atoms with Gasteiger partial charge in [0, 0.05) is 17.7 Å². The van der Waals surface area contributed by atoms with Gasteiger partial charge >= 0.3 is 0 Å². The maximum atomic E-state index is 11.9. The van der Waals surface area contributed by atoms with Crippen molar-refractivity contribution in [2.24, 2.45) is 10.9 Å². The molecule has 0 aliphatic rings. The zero-order valence-corrected chi connectivity index (χ0v) is 12.4. The van der Waals surface area contributed by atoms with Gasteiger partial charge < -0.3 is 16.3 Å². The Bertz CT molecular complexity index is 463. The molecule has 0 saturated heterocycles. The number of amidine groups is 1. The summed E-state index contributed by atoms with van der Waals surface area (Å²) in [6, 6.07) is 6.71. The Morgan fingerprint density at radius 2 is 2.10 bits per heavy atom. The minimum atomic E-state index is -0.137. The lowest BCUT2D eigenvalue weighted by Crippen LogP contribution is -2.25. The second-order valence-electron chi connectivity index (χ2n) is 4.38. The van der Waals surface area contributed by atoms with E-state index in [1.807, 2.05) is 11.8 Å². The summed E-state index contributed by atoms with van der Waals surface area (Å²) in [5.41, 5.74) is 6.54. The number of rotatable bonds is 8. The second-order valence-corrected chi connectivity index (χ2v) is 5.36. The van der Waals surface area contributed by atoms with Gasteiger partial charge in [-0.25, -0.2) is 0 Å². The molecule has 1 amide bonds. The Hall–Kier alpha value is -1.69. The third kappa shape index (κ3) is 5.52. The lowest BCUT2D eigenvalue weighted by atomic mass is 10.1. The third-order valence-corrected chi connectivity index (χ3v) is 3.54. The van der Waals surface area contributed by atoms with Crippen molar-refractivity contribution in [2.45, 2.75) is 19.3 Å². The molecular weight excluding hydrogens is 274 g/mol. The summed E-state index contributed by atoms with van der Waals surface area (Å²) in [4.78, 5) is 11.9. The highest BCUT2D eigenvalue weighted by molar-refractivity contribution is 7.98. The maximum Gasteiger partial charge on any atom is 0.251 e. The highest BCUT2D eigenvalue weighted by Crippen LogP contribution is 2.06. The summed E-state index contributed by atoms with van der Waals surface area (Å²) in [6.07, 6.45) is 5.36. The number of carbonyl (C=O) groups excluding carboxylic acids is 1. The van der Waals surface area contributed by atoms with Crippen LogP contribution in [0.3, 0.4) is 0 Å². The molecule has 0 spiro atoms. The number of benzene rings is 1. The number of oxime groups is 1. The standard InChI is InChI=1S/C14H21N3O2S/c1-20-9-4-2-3-8-16-14(18)12-7-5-6-11(10-12)13(15)17-19/h5-7,10,19H,2-4,8-9H2,1H3,(H2,15,17)(H,16,18). The maximum absolute atomic E-state index is 11.9. The Kier molecular flexibility index (Phi) is 7.57. The molecular formula is C14H21N3O2S. The summed E-state index contributed by atoms with van der Waals surface area (Å²) >= 11 is 1.84. The van der Waals surface area contributed by atoms with E-state index in [1.54, 1.807) is 24.3 Å². The van der Waals surface area contributed by atoms with Crippen molar-refractivity contribution in [3.8, 4) is 0 Å². The van der Waals surface area contributed by atoms with Gasteiger partial charge in [-0.05, 0) is 37.0 Å². The first kappa shape index (κ1) is 16.4. The Morgan fingerprint density at radius 1 is 1.35 bits per heavy atom. The molecule has 6 heteroatoms. The molecule has 0 aliphatic carbocycles. The largest absolute Gasteiger partial charge is 0.409 e. The average molecular weight is 295 g/mol. The van der Waals surface area contributed by atoms with Crippen LogP contribution in [-0.4, -0.2) is 35.5 Å². The van der Waals surface area contributed by atoms with E-state index in [1.165, 1.54) is 6.42 Å². The molecule has 0 bridgehead atoms. The van der Waals surface area contributed by atoms with E-state index in [0.29, 0.717) is 17.7 Å². The third-order valence-electron chi connectivity index (χ3n) is 2.84. The van der Waals surface area contributed by atoms with Crippen molar-refractivity contribution in [2.75, 3.05) is 18.6 Å². The van der Waals surface area contributed by atoms with Gasteiger partial charge in [-0.15, -0.1) is 0 Å². The molecule has 0 saturated carbocycles. The van der Waals surface area contributed by atoms with Crippen molar-refractivity contribution in [3.05, 3.63) is 35.4 Å². The van der Waals surface area contributed by atoms with Crippen LogP contribution < -0.4 is 11.1 Å². The lowest BCUT2D eigenvalue weighted by Gasteiger charge is -2.06. The van der Waals surface area contributed by atoms with Crippen molar-refractivity contribution >= 4 is 23.5 Å². The predicted molar refractivity (Wildman–Crippen MR) is 83.5 cm³/mol. The molecule has 0 aliphatic heterocycles. The Morgan fingerprint density at radius 3 is 2.80 bits per heavy atom. The van der Waals surface area contributed by atoms with Gasteiger partial charge in [0.2, 0.25) is 0 Å². The smallest absolute Gasteiger partial charge is 0.251 e. The molecule has 1 aromatic rings. The van der Waals surface area contributed by atoms with Crippen LogP contribution in [0.1, 0.15) is 35.2 Å². The van der Waals surface area contributed by atoms with Crippen molar-refractivity contribution in [1.82, 2.24) is 5.32 Å². The molecule has 0 radical (unpaired) electrons. The van der Waals surface area contributed by atoms with Gasteiger partial charge in [0.05, 0.1) is 0 Å². The van der Waals surface area contributed by atoms with Gasteiger partial charge in [0.1, 0.15) is 0 Å². The number of amides is 1. The molecule has 0 atom stereocenters. The van der Waals surface area contributed by atoms with E-state index in [4.69, 9.17) is 10.9 Å². The number of nitrogens with two attached hydrogens (primary N) is 1. The summed E-state index contributed by atoms with van der Waals surface area (Å²) < 4.78 is 0. The molecule has 0 aromatic heterocycles. The molecule has 1 aromatic carbocycles. The SMILES string of the molecule is CSCCCCCNC(=O)c1cccc(/C(N)=N/O)c1. The zero-order chi connectivity index (χ0) is 14.8. The number of carbonyl (C=O) groups is 1. The van der Waals surface area contributed by atoms with Crippen molar-refractivity contribution in [3.63, 3.8) is 0 Å². The van der Waals surface area contributed by atoms with Crippen molar-refractivity contribution < 1.29 is 10.0 Å². The number of hydrogen-bond donors (Lipinski definition) is 3. The van der Waals surface area contributed by atoms with Crippen LogP contribution in [0.15, 0.2) is 29.4 Å². The first-order chi connectivity index (χ1) is 9.69. The minimum Gasteiger partial charge on any atom is -0.409 e. The van der Waals surface area contributed by atoms with E-state index in [9.17, 15) is 4.79 Å². The highest BCUT2D eigenvalue weighted by Gasteiger charge is 2.07. The minimum absolute atomic E-state index is 0.00304. The first-order valence-corrected chi connectivity index (χ1v) is 7.93. The Labute approximate surface area is 123 Å². The summed E-state index contributed by atoms with van der Waals surface area (Å²) in [7, 11) is 0.